The Balaban J connectivity index is 2.20. The Labute approximate surface area is 71.7 Å². The number of carbonyl (C=O) groups excluding carboxylic acids is 1. The summed E-state index contributed by atoms with van der Waals surface area (Å²) in [5.41, 5.74) is 5.05. The van der Waals surface area contributed by atoms with Crippen molar-refractivity contribution >= 4 is 6.03 Å². The standard InChI is InChI=1S/C7H15N3O2/c1-9(2-3-11)6-4-10(5-6)7(8)12/h6,11H,2-5H2,1H3,(H2,8,12). The zero-order valence-electron chi connectivity index (χ0n) is 7.23. The number of rotatable bonds is 3. The van der Waals surface area contributed by atoms with Crippen LogP contribution in [-0.2, 0) is 0 Å². The normalized spacial score (nSPS) is 18.1. The number of hydrogen-bond acceptors (Lipinski definition) is 3. The van der Waals surface area contributed by atoms with Gasteiger partial charge in [0.1, 0.15) is 0 Å². The van der Waals surface area contributed by atoms with Gasteiger partial charge in [0.05, 0.1) is 6.61 Å². The molecule has 1 aliphatic heterocycles. The summed E-state index contributed by atoms with van der Waals surface area (Å²) >= 11 is 0. The molecule has 0 bridgehead atoms. The predicted octanol–water partition coefficient (Wildman–Crippen LogP) is -1.33. The fourth-order valence-corrected chi connectivity index (χ4v) is 1.25. The third kappa shape index (κ3) is 1.86. The van der Waals surface area contributed by atoms with E-state index in [1.807, 2.05) is 11.9 Å². The monoisotopic (exact) mass is 173 g/mol. The Bertz CT molecular complexity index is 168. The number of hydrogen-bond donors (Lipinski definition) is 2. The van der Waals surface area contributed by atoms with Crippen LogP contribution in [0.1, 0.15) is 0 Å². The molecule has 12 heavy (non-hydrogen) atoms. The maximum atomic E-state index is 10.6. The molecule has 1 fully saturated rings. The SMILES string of the molecule is CN(CCO)C1CN(C(N)=O)C1. The first kappa shape index (κ1) is 9.28. The summed E-state index contributed by atoms with van der Waals surface area (Å²) in [4.78, 5) is 14.2. The van der Waals surface area contributed by atoms with Gasteiger partial charge in [-0.05, 0) is 7.05 Å². The van der Waals surface area contributed by atoms with Crippen molar-refractivity contribution in [3.05, 3.63) is 0 Å². The Morgan fingerprint density at radius 2 is 2.33 bits per heavy atom. The maximum Gasteiger partial charge on any atom is 0.314 e. The molecule has 3 N–H and O–H groups in total. The minimum absolute atomic E-state index is 0.156. The van der Waals surface area contributed by atoms with Crippen LogP contribution in [0.25, 0.3) is 0 Å². The molecule has 0 aromatic heterocycles. The highest BCUT2D eigenvalue weighted by molar-refractivity contribution is 5.73. The van der Waals surface area contributed by atoms with Gasteiger partial charge in [-0.2, -0.15) is 0 Å². The molecule has 0 radical (unpaired) electrons. The van der Waals surface area contributed by atoms with Gasteiger partial charge in [0, 0.05) is 25.7 Å². The fraction of sp³-hybridized carbons (Fsp3) is 0.857. The molecule has 1 heterocycles. The number of nitrogens with zero attached hydrogens (tertiary/aromatic N) is 2. The van der Waals surface area contributed by atoms with Crippen molar-refractivity contribution in [2.45, 2.75) is 6.04 Å². The third-order valence-electron chi connectivity index (χ3n) is 2.25. The molecule has 0 unspecified atom stereocenters. The van der Waals surface area contributed by atoms with Crippen LogP contribution in [0.3, 0.4) is 0 Å². The largest absolute Gasteiger partial charge is 0.395 e. The van der Waals surface area contributed by atoms with Crippen LogP contribution in [0.2, 0.25) is 0 Å². The molecule has 1 saturated heterocycles. The van der Waals surface area contributed by atoms with Crippen LogP contribution < -0.4 is 5.73 Å². The minimum atomic E-state index is -0.358. The lowest BCUT2D eigenvalue weighted by molar-refractivity contribution is 0.0660. The number of aliphatic hydroxyl groups is 1. The van der Waals surface area contributed by atoms with Crippen molar-refractivity contribution in [3.8, 4) is 0 Å². The van der Waals surface area contributed by atoms with E-state index in [4.69, 9.17) is 10.8 Å². The molecule has 1 rings (SSSR count). The first-order chi connectivity index (χ1) is 5.65. The average molecular weight is 173 g/mol. The first-order valence-corrected chi connectivity index (χ1v) is 4.00. The topological polar surface area (TPSA) is 69.8 Å². The second-order valence-corrected chi connectivity index (χ2v) is 3.10. The summed E-state index contributed by atoms with van der Waals surface area (Å²) in [6, 6.07) is 0.00768. The van der Waals surface area contributed by atoms with Crippen molar-refractivity contribution in [3.63, 3.8) is 0 Å². The summed E-state index contributed by atoms with van der Waals surface area (Å²) in [7, 11) is 1.93. The second-order valence-electron chi connectivity index (χ2n) is 3.10. The van der Waals surface area contributed by atoms with E-state index in [0.29, 0.717) is 25.7 Å². The highest BCUT2D eigenvalue weighted by Crippen LogP contribution is 2.11. The van der Waals surface area contributed by atoms with Crippen LogP contribution >= 0.6 is 0 Å². The van der Waals surface area contributed by atoms with Crippen LogP contribution in [0, 0.1) is 0 Å². The summed E-state index contributed by atoms with van der Waals surface area (Å²) in [6.45, 7) is 2.18. The van der Waals surface area contributed by atoms with E-state index in [9.17, 15) is 4.79 Å². The zero-order valence-corrected chi connectivity index (χ0v) is 7.23. The number of likely N-dealkylation sites (tertiary alicyclic amines) is 1. The average Bonchev–Trinajstić information content (AvgIpc) is 1.82. The van der Waals surface area contributed by atoms with Gasteiger partial charge in [-0.25, -0.2) is 4.79 Å². The van der Waals surface area contributed by atoms with Crippen molar-refractivity contribution in [2.75, 3.05) is 33.3 Å². The molecule has 0 spiro atoms. The number of primary amides is 1. The number of amides is 2. The van der Waals surface area contributed by atoms with E-state index < -0.39 is 0 Å². The number of carbonyl (C=O) groups is 1. The highest BCUT2D eigenvalue weighted by atomic mass is 16.3. The van der Waals surface area contributed by atoms with Gasteiger partial charge in [0.15, 0.2) is 0 Å². The lowest BCUT2D eigenvalue weighted by Crippen LogP contribution is -2.61. The predicted molar refractivity (Wildman–Crippen MR) is 44.7 cm³/mol. The zero-order chi connectivity index (χ0) is 9.14. The van der Waals surface area contributed by atoms with Crippen LogP contribution in [0.5, 0.6) is 0 Å². The smallest absolute Gasteiger partial charge is 0.314 e. The van der Waals surface area contributed by atoms with Gasteiger partial charge < -0.3 is 15.7 Å². The molecule has 5 nitrogen and oxygen atoms in total. The van der Waals surface area contributed by atoms with E-state index in [2.05, 4.69) is 0 Å². The molecule has 5 heteroatoms. The van der Waals surface area contributed by atoms with E-state index in [1.165, 1.54) is 0 Å². The lowest BCUT2D eigenvalue weighted by atomic mass is 10.1. The van der Waals surface area contributed by atoms with Crippen molar-refractivity contribution in [1.82, 2.24) is 9.80 Å². The Morgan fingerprint density at radius 3 is 2.75 bits per heavy atom. The third-order valence-corrected chi connectivity index (χ3v) is 2.25. The molecule has 0 aromatic carbocycles. The van der Waals surface area contributed by atoms with Gasteiger partial charge >= 0.3 is 6.03 Å². The highest BCUT2D eigenvalue weighted by Gasteiger charge is 2.31. The van der Waals surface area contributed by atoms with Crippen LogP contribution in [0.4, 0.5) is 4.79 Å². The van der Waals surface area contributed by atoms with Crippen molar-refractivity contribution in [1.29, 1.82) is 0 Å². The summed E-state index contributed by atoms with van der Waals surface area (Å²) in [5.74, 6) is 0. The van der Waals surface area contributed by atoms with Gasteiger partial charge in [-0.3, -0.25) is 4.90 Å². The Kier molecular flexibility index (Phi) is 2.88. The first-order valence-electron chi connectivity index (χ1n) is 4.00. The molecule has 0 saturated carbocycles. The number of nitrogens with two attached hydrogens (primary N) is 1. The van der Waals surface area contributed by atoms with Gasteiger partial charge in [0.25, 0.3) is 0 Å². The molecule has 0 atom stereocenters. The van der Waals surface area contributed by atoms with E-state index in [-0.39, 0.29) is 12.6 Å². The maximum absolute atomic E-state index is 10.6. The van der Waals surface area contributed by atoms with Crippen molar-refractivity contribution < 1.29 is 9.90 Å². The number of aliphatic hydroxyl groups excluding tert-OH is 1. The summed E-state index contributed by atoms with van der Waals surface area (Å²) < 4.78 is 0. The minimum Gasteiger partial charge on any atom is -0.395 e. The number of likely N-dealkylation sites (N-methyl/N-ethyl adjacent to an activating group) is 1. The number of urea groups is 1. The Hall–Kier alpha value is -0.810. The molecular weight excluding hydrogens is 158 g/mol. The van der Waals surface area contributed by atoms with E-state index in [1.54, 1.807) is 4.90 Å². The van der Waals surface area contributed by atoms with Gasteiger partial charge in [-0.15, -0.1) is 0 Å². The lowest BCUT2D eigenvalue weighted by Gasteiger charge is -2.42. The molecule has 2 amide bonds. The summed E-state index contributed by atoms with van der Waals surface area (Å²) in [6.07, 6.45) is 0. The second kappa shape index (κ2) is 3.73. The summed E-state index contributed by atoms with van der Waals surface area (Å²) in [5, 5.41) is 8.63. The van der Waals surface area contributed by atoms with Crippen molar-refractivity contribution in [2.24, 2.45) is 5.73 Å². The van der Waals surface area contributed by atoms with Gasteiger partial charge in [0.2, 0.25) is 0 Å². The van der Waals surface area contributed by atoms with Crippen LogP contribution in [-0.4, -0.2) is 60.3 Å². The molecular formula is C7H15N3O2. The quantitative estimate of drug-likeness (QED) is 0.555. The van der Waals surface area contributed by atoms with E-state index in [0.717, 1.165) is 0 Å². The molecule has 0 aliphatic carbocycles. The molecule has 1 aliphatic rings. The molecule has 0 aromatic rings. The molecule has 70 valence electrons. The Morgan fingerprint density at radius 1 is 1.75 bits per heavy atom. The fourth-order valence-electron chi connectivity index (χ4n) is 1.25. The van der Waals surface area contributed by atoms with E-state index >= 15 is 0 Å². The van der Waals surface area contributed by atoms with Gasteiger partial charge in [-0.1, -0.05) is 0 Å². The van der Waals surface area contributed by atoms with Crippen LogP contribution in [0.15, 0.2) is 0 Å².